The Labute approximate surface area is 126 Å². The second-order valence-electron chi connectivity index (χ2n) is 4.20. The summed E-state index contributed by atoms with van der Waals surface area (Å²) in [7, 11) is 3.17. The maximum Gasteiger partial charge on any atom is 0.160 e. The van der Waals surface area contributed by atoms with E-state index in [0.29, 0.717) is 12.3 Å². The van der Waals surface area contributed by atoms with E-state index in [0.717, 1.165) is 21.5 Å². The van der Waals surface area contributed by atoms with Gasteiger partial charge < -0.3 is 19.9 Å². The molecule has 2 aromatic carbocycles. The summed E-state index contributed by atoms with van der Waals surface area (Å²) < 4.78 is 11.3. The molecule has 0 spiro atoms. The van der Waals surface area contributed by atoms with Gasteiger partial charge in [-0.1, -0.05) is 15.9 Å². The van der Waals surface area contributed by atoms with Gasteiger partial charge in [-0.2, -0.15) is 0 Å². The van der Waals surface area contributed by atoms with Crippen LogP contribution < -0.4 is 14.8 Å². The molecule has 0 aliphatic carbocycles. The zero-order valence-corrected chi connectivity index (χ0v) is 12.9. The van der Waals surface area contributed by atoms with Crippen LogP contribution in [0.1, 0.15) is 5.56 Å². The fourth-order valence-corrected chi connectivity index (χ4v) is 2.29. The van der Waals surface area contributed by atoms with Crippen molar-refractivity contribution in [1.82, 2.24) is 0 Å². The van der Waals surface area contributed by atoms with E-state index >= 15 is 0 Å². The van der Waals surface area contributed by atoms with Gasteiger partial charge in [-0.3, -0.25) is 0 Å². The van der Waals surface area contributed by atoms with Gasteiger partial charge >= 0.3 is 0 Å². The van der Waals surface area contributed by atoms with Gasteiger partial charge in [-0.25, -0.2) is 0 Å². The van der Waals surface area contributed by atoms with Crippen LogP contribution in [-0.2, 0) is 6.54 Å². The number of phenols is 1. The number of nitrogens with one attached hydrogen (secondary N) is 1. The Hall–Kier alpha value is -1.88. The Bertz CT molecular complexity index is 602. The van der Waals surface area contributed by atoms with E-state index in [2.05, 4.69) is 21.2 Å². The predicted octanol–water partition coefficient (Wildman–Crippen LogP) is 3.78. The first-order valence-electron chi connectivity index (χ1n) is 6.07. The lowest BCUT2D eigenvalue weighted by molar-refractivity contribution is 0.373. The molecule has 106 valence electrons. The van der Waals surface area contributed by atoms with Gasteiger partial charge in [0.1, 0.15) is 5.75 Å². The molecule has 0 fully saturated rings. The van der Waals surface area contributed by atoms with Crippen molar-refractivity contribution < 1.29 is 14.6 Å². The summed E-state index contributed by atoms with van der Waals surface area (Å²) in [6.07, 6.45) is 0. The van der Waals surface area contributed by atoms with Crippen LogP contribution in [0.3, 0.4) is 0 Å². The van der Waals surface area contributed by atoms with E-state index in [1.807, 2.05) is 24.3 Å². The zero-order valence-electron chi connectivity index (χ0n) is 11.3. The second-order valence-corrected chi connectivity index (χ2v) is 5.11. The molecule has 2 rings (SSSR count). The molecule has 20 heavy (non-hydrogen) atoms. The summed E-state index contributed by atoms with van der Waals surface area (Å²) in [6, 6.07) is 11.0. The van der Waals surface area contributed by atoms with Crippen LogP contribution >= 0.6 is 15.9 Å². The molecule has 0 aliphatic rings. The number of rotatable bonds is 5. The number of aromatic hydroxyl groups is 1. The number of ether oxygens (including phenoxy) is 2. The summed E-state index contributed by atoms with van der Waals surface area (Å²) in [5.41, 5.74) is 1.84. The first-order valence-corrected chi connectivity index (χ1v) is 6.86. The molecule has 0 atom stereocenters. The van der Waals surface area contributed by atoms with E-state index in [-0.39, 0.29) is 5.75 Å². The summed E-state index contributed by atoms with van der Waals surface area (Å²) >= 11 is 3.44. The lowest BCUT2D eigenvalue weighted by atomic mass is 10.2. The third-order valence-electron chi connectivity index (χ3n) is 2.90. The van der Waals surface area contributed by atoms with Gasteiger partial charge in [0.05, 0.1) is 14.2 Å². The summed E-state index contributed by atoms with van der Waals surface area (Å²) in [5.74, 6) is 1.38. The smallest absolute Gasteiger partial charge is 0.160 e. The molecule has 2 aromatic rings. The monoisotopic (exact) mass is 337 g/mol. The minimum Gasteiger partial charge on any atom is -0.504 e. The number of phenolic OH excluding ortho intramolecular Hbond substituents is 1. The van der Waals surface area contributed by atoms with E-state index in [9.17, 15) is 5.11 Å². The number of hydrogen-bond acceptors (Lipinski definition) is 4. The highest BCUT2D eigenvalue weighted by molar-refractivity contribution is 9.10. The van der Waals surface area contributed by atoms with Crippen molar-refractivity contribution in [1.29, 1.82) is 0 Å². The Morgan fingerprint density at radius 1 is 1.05 bits per heavy atom. The molecule has 0 aromatic heterocycles. The molecule has 0 radical (unpaired) electrons. The van der Waals surface area contributed by atoms with Crippen LogP contribution in [0, 0.1) is 0 Å². The van der Waals surface area contributed by atoms with Gasteiger partial charge in [0.15, 0.2) is 11.5 Å². The van der Waals surface area contributed by atoms with Crippen molar-refractivity contribution in [3.8, 4) is 17.2 Å². The lowest BCUT2D eigenvalue weighted by Gasteiger charge is -2.12. The lowest BCUT2D eigenvalue weighted by Crippen LogP contribution is -2.01. The molecule has 2 N–H and O–H groups in total. The van der Waals surface area contributed by atoms with Gasteiger partial charge in [0, 0.05) is 28.3 Å². The summed E-state index contributed by atoms with van der Waals surface area (Å²) in [4.78, 5) is 0. The normalized spacial score (nSPS) is 10.2. The quantitative estimate of drug-likeness (QED) is 0.871. The van der Waals surface area contributed by atoms with E-state index in [1.54, 1.807) is 19.2 Å². The van der Waals surface area contributed by atoms with Gasteiger partial charge in [-0.05, 0) is 30.3 Å². The average molecular weight is 338 g/mol. The molecule has 0 unspecified atom stereocenters. The molecule has 0 bridgehead atoms. The molecule has 0 aliphatic heterocycles. The maximum absolute atomic E-state index is 9.74. The predicted molar refractivity (Wildman–Crippen MR) is 82.7 cm³/mol. The van der Waals surface area contributed by atoms with E-state index in [4.69, 9.17) is 9.47 Å². The average Bonchev–Trinajstić information content (AvgIpc) is 2.45. The molecule has 5 heteroatoms. The second kappa shape index (κ2) is 6.52. The van der Waals surface area contributed by atoms with Gasteiger partial charge in [0.25, 0.3) is 0 Å². The molecule has 0 saturated carbocycles. The van der Waals surface area contributed by atoms with Crippen LogP contribution in [0.15, 0.2) is 40.9 Å². The van der Waals surface area contributed by atoms with Crippen LogP contribution in [0.4, 0.5) is 5.69 Å². The highest BCUT2D eigenvalue weighted by atomic mass is 79.9. The van der Waals surface area contributed by atoms with Gasteiger partial charge in [0.2, 0.25) is 0 Å². The van der Waals surface area contributed by atoms with Crippen LogP contribution in [0.25, 0.3) is 0 Å². The maximum atomic E-state index is 9.74. The van der Waals surface area contributed by atoms with Crippen molar-refractivity contribution >= 4 is 21.6 Å². The van der Waals surface area contributed by atoms with Crippen LogP contribution in [-0.4, -0.2) is 19.3 Å². The molecular formula is C15H16BrNO3. The van der Waals surface area contributed by atoms with Crippen molar-refractivity contribution in [2.24, 2.45) is 0 Å². The zero-order chi connectivity index (χ0) is 14.5. The third kappa shape index (κ3) is 3.36. The van der Waals surface area contributed by atoms with Crippen molar-refractivity contribution in [3.63, 3.8) is 0 Å². The topological polar surface area (TPSA) is 50.7 Å². The molecule has 0 amide bonds. The SMILES string of the molecule is COc1ccc(NCc2cc(Br)ccc2OC)cc1O. The molecular weight excluding hydrogens is 322 g/mol. The number of benzene rings is 2. The number of anilines is 1. The highest BCUT2D eigenvalue weighted by Gasteiger charge is 2.05. The van der Waals surface area contributed by atoms with Crippen molar-refractivity contribution in [2.75, 3.05) is 19.5 Å². The van der Waals surface area contributed by atoms with Gasteiger partial charge in [-0.15, -0.1) is 0 Å². The number of halogens is 1. The standard InChI is InChI=1S/C15H16BrNO3/c1-19-14-5-3-11(16)7-10(14)9-17-12-4-6-15(20-2)13(18)8-12/h3-8,17-18H,9H2,1-2H3. The number of hydrogen-bond donors (Lipinski definition) is 2. The van der Waals surface area contributed by atoms with E-state index in [1.165, 1.54) is 7.11 Å². The highest BCUT2D eigenvalue weighted by Crippen LogP contribution is 2.29. The number of methoxy groups -OCH3 is 2. The summed E-state index contributed by atoms with van der Waals surface area (Å²) in [6.45, 7) is 0.592. The first kappa shape index (κ1) is 14.5. The minimum atomic E-state index is 0.110. The molecule has 4 nitrogen and oxygen atoms in total. The molecule has 0 saturated heterocycles. The molecule has 0 heterocycles. The Balaban J connectivity index is 2.12. The third-order valence-corrected chi connectivity index (χ3v) is 3.40. The van der Waals surface area contributed by atoms with Crippen molar-refractivity contribution in [3.05, 3.63) is 46.4 Å². The fraction of sp³-hybridized carbons (Fsp3) is 0.200. The largest absolute Gasteiger partial charge is 0.504 e. The fourth-order valence-electron chi connectivity index (χ4n) is 1.88. The summed E-state index contributed by atoms with van der Waals surface area (Å²) in [5, 5.41) is 13.0. The van der Waals surface area contributed by atoms with Crippen LogP contribution in [0.2, 0.25) is 0 Å². The van der Waals surface area contributed by atoms with Crippen LogP contribution in [0.5, 0.6) is 17.2 Å². The Morgan fingerprint density at radius 3 is 2.40 bits per heavy atom. The first-order chi connectivity index (χ1) is 9.63. The Morgan fingerprint density at radius 2 is 1.75 bits per heavy atom. The minimum absolute atomic E-state index is 0.110. The van der Waals surface area contributed by atoms with Crippen molar-refractivity contribution in [2.45, 2.75) is 6.54 Å². The Kier molecular flexibility index (Phi) is 4.74. The van der Waals surface area contributed by atoms with E-state index < -0.39 is 0 Å².